The predicted molar refractivity (Wildman–Crippen MR) is 51.4 cm³/mol. The summed E-state index contributed by atoms with van der Waals surface area (Å²) in [7, 11) is 24.9. The molecular formula is C2H5AlCl8W. The number of rotatable bonds is 0. The quantitative estimate of drug-likeness (QED) is 0.348. The topological polar surface area (TPSA) is 0 Å². The van der Waals surface area contributed by atoms with Crippen LogP contribution in [-0.4, -0.2) is 16.3 Å². The van der Waals surface area contributed by atoms with Gasteiger partial charge in [-0.2, -0.15) is 0 Å². The van der Waals surface area contributed by atoms with Crippen LogP contribution >= 0.6 is 56.5 Å². The minimum absolute atomic E-state index is 0. The molecule has 0 spiro atoms. The van der Waals surface area contributed by atoms with Crippen LogP contribution in [0.1, 0.15) is 6.92 Å². The van der Waals surface area contributed by atoms with Crippen molar-refractivity contribution < 1.29 is 32.1 Å². The Morgan fingerprint density at radius 3 is 0.917 bits per heavy atom. The van der Waals surface area contributed by atoms with Crippen molar-refractivity contribution in [3.63, 3.8) is 0 Å². The van der Waals surface area contributed by atoms with Crippen molar-refractivity contribution in [3.8, 4) is 0 Å². The molecule has 0 unspecified atom stereocenters. The van der Waals surface area contributed by atoms with Gasteiger partial charge in [0.2, 0.25) is 0 Å². The molecule has 0 bridgehead atoms. The van der Waals surface area contributed by atoms with E-state index in [1.807, 2.05) is 0 Å². The fourth-order valence-corrected chi connectivity index (χ4v) is 0. The Hall–Kier alpha value is 3.54. The third-order valence-corrected chi connectivity index (χ3v) is 0. The molecule has 0 nitrogen and oxygen atoms in total. The van der Waals surface area contributed by atoms with Crippen LogP contribution < -0.4 is 24.8 Å². The van der Waals surface area contributed by atoms with Gasteiger partial charge in [-0.3, -0.25) is 0 Å². The molecule has 0 aliphatic carbocycles. The first-order valence-electron chi connectivity index (χ1n) is 2.04. The van der Waals surface area contributed by atoms with E-state index in [9.17, 15) is 0 Å². The maximum absolute atomic E-state index is 5.47. The zero-order valence-corrected chi connectivity index (χ0v) is 15.9. The van der Waals surface area contributed by atoms with Gasteiger partial charge in [0, 0.05) is 0 Å². The Labute approximate surface area is 115 Å². The van der Waals surface area contributed by atoms with Crippen molar-refractivity contribution in [3.05, 3.63) is 0 Å². The maximum atomic E-state index is 5.07. The average Bonchev–Trinajstić information content (AvgIpc) is 1.20. The summed E-state index contributed by atoms with van der Waals surface area (Å²) in [5.41, 5.74) is 0. The molecule has 0 aromatic rings. The summed E-state index contributed by atoms with van der Waals surface area (Å²) in [6.45, 7) is 2.09. The first-order valence-corrected chi connectivity index (χ1v) is 24.7. The van der Waals surface area contributed by atoms with E-state index in [1.165, 1.54) is 5.28 Å². The molecule has 0 atom stereocenters. The summed E-state index contributed by atoms with van der Waals surface area (Å²) < 4.78 is 0. The van der Waals surface area contributed by atoms with Crippen LogP contribution in [0.4, 0.5) is 0 Å². The molecule has 0 amide bonds. The Kier molecular flexibility index (Phi) is 14.4. The van der Waals surface area contributed by atoms with E-state index in [1.54, 1.807) is 0 Å². The molecule has 0 aromatic carbocycles. The van der Waals surface area contributed by atoms with E-state index in [-0.39, 0.29) is 24.8 Å². The number of halogens is 8. The normalized spacial score (nSPS) is 15.1. The SMILES string of the molecule is C[CH2][Al+2].[Cl-].[Cl-].[Cl][W]([Cl])([Cl])([Cl])([Cl])[Cl]. The second kappa shape index (κ2) is 6.98. The molecule has 0 N–H and O–H groups in total. The van der Waals surface area contributed by atoms with E-state index in [0.717, 1.165) is 0 Å². The van der Waals surface area contributed by atoms with Gasteiger partial charge in [0.1, 0.15) is 0 Å². The first kappa shape index (κ1) is 24.7. The van der Waals surface area contributed by atoms with E-state index in [4.69, 9.17) is 56.5 Å². The second-order valence-corrected chi connectivity index (χ2v) is 65.7. The van der Waals surface area contributed by atoms with Crippen molar-refractivity contribution in [2.45, 2.75) is 12.2 Å². The van der Waals surface area contributed by atoms with Gasteiger partial charge in [0.25, 0.3) is 0 Å². The van der Waals surface area contributed by atoms with Gasteiger partial charge >= 0.3 is 92.3 Å². The fourth-order valence-electron chi connectivity index (χ4n) is 0. The van der Waals surface area contributed by atoms with Gasteiger partial charge in [-0.15, -0.1) is 0 Å². The van der Waals surface area contributed by atoms with E-state index in [0.29, 0.717) is 0 Å². The summed E-state index contributed by atoms with van der Waals surface area (Å²) in [6, 6.07) is 0. The Morgan fingerprint density at radius 2 is 0.917 bits per heavy atom. The molecule has 0 aliphatic rings. The fraction of sp³-hybridized carbons (Fsp3) is 1.00. The van der Waals surface area contributed by atoms with Gasteiger partial charge in [0.15, 0.2) is 0 Å². The summed E-state index contributed by atoms with van der Waals surface area (Å²) in [4.78, 5) is 0. The zero-order valence-electron chi connectivity index (χ0n) is 5.72. The van der Waals surface area contributed by atoms with E-state index >= 15 is 0 Å². The molecule has 0 aliphatic heterocycles. The van der Waals surface area contributed by atoms with Crippen LogP contribution in [0.25, 0.3) is 0 Å². The molecular weight excluding hydrogens is 518 g/mol. The van der Waals surface area contributed by atoms with Gasteiger partial charge in [-0.25, -0.2) is 0 Å². The monoisotopic (exact) mass is 520 g/mol. The van der Waals surface area contributed by atoms with Crippen molar-refractivity contribution in [1.29, 1.82) is 0 Å². The summed E-state index contributed by atoms with van der Waals surface area (Å²) in [5.74, 6) is 0. The standard InChI is InChI=1S/C2H5.Al.8ClH.W/c1-2;;;;;;;;;;/h1H2,2H3;;8*1H;/q;+2;;;;;;;;;+6/p-8. The van der Waals surface area contributed by atoms with Crippen molar-refractivity contribution in [2.24, 2.45) is 0 Å². The number of hydrogen-bond donors (Lipinski definition) is 0. The summed E-state index contributed by atoms with van der Waals surface area (Å²) in [6.07, 6.45) is 0. The van der Waals surface area contributed by atoms with Gasteiger partial charge in [-0.05, 0) is 0 Å². The van der Waals surface area contributed by atoms with E-state index < -0.39 is 7.31 Å². The van der Waals surface area contributed by atoms with Gasteiger partial charge in [0.05, 0.1) is 0 Å². The Balaban J connectivity index is -0.0000000569. The Morgan fingerprint density at radius 1 is 0.917 bits per heavy atom. The summed E-state index contributed by atoms with van der Waals surface area (Å²) in [5, 5.41) is 1.17. The molecule has 78 valence electrons. The molecule has 10 heteroatoms. The molecule has 0 heterocycles. The first-order chi connectivity index (χ1) is 3.86. The molecule has 0 aromatic heterocycles. The Bertz CT molecular complexity index is 86.4. The van der Waals surface area contributed by atoms with Crippen molar-refractivity contribution in [2.75, 3.05) is 0 Å². The average molecular weight is 524 g/mol. The van der Waals surface area contributed by atoms with Crippen LogP contribution in [-0.2, 0) is 7.31 Å². The van der Waals surface area contributed by atoms with Crippen LogP contribution in [0.5, 0.6) is 0 Å². The predicted octanol–water partition coefficient (Wildman–Crippen LogP) is -1.26. The third kappa shape index (κ3) is 170. The minimum atomic E-state index is -5.47. The molecule has 0 saturated heterocycles. The van der Waals surface area contributed by atoms with Crippen LogP contribution in [0.15, 0.2) is 0 Å². The molecule has 12 heavy (non-hydrogen) atoms. The van der Waals surface area contributed by atoms with Gasteiger partial charge < -0.3 is 24.8 Å². The zero-order chi connectivity index (χ0) is 9.12. The van der Waals surface area contributed by atoms with Crippen molar-refractivity contribution in [1.82, 2.24) is 0 Å². The van der Waals surface area contributed by atoms with Gasteiger partial charge in [-0.1, -0.05) is 0 Å². The molecule has 0 saturated carbocycles. The summed E-state index contributed by atoms with van der Waals surface area (Å²) >= 11 is 2.58. The third-order valence-electron chi connectivity index (χ3n) is 0. The van der Waals surface area contributed by atoms with Crippen LogP contribution in [0.2, 0.25) is 5.28 Å². The van der Waals surface area contributed by atoms with Crippen LogP contribution in [0.3, 0.4) is 0 Å². The molecule has 0 rings (SSSR count). The number of hydrogen-bond acceptors (Lipinski definition) is 0. The van der Waals surface area contributed by atoms with Crippen LogP contribution in [0, 0.1) is 0 Å². The van der Waals surface area contributed by atoms with E-state index in [2.05, 4.69) is 23.2 Å². The van der Waals surface area contributed by atoms with Crippen molar-refractivity contribution >= 4 is 72.8 Å². The molecule has 0 radical (unpaired) electrons. The molecule has 0 fully saturated rings. The second-order valence-electron chi connectivity index (χ2n) is 1.28.